The number of ketones is 1. The van der Waals surface area contributed by atoms with Crippen molar-refractivity contribution in [3.63, 3.8) is 0 Å². The van der Waals surface area contributed by atoms with E-state index in [1.165, 1.54) is 5.57 Å². The van der Waals surface area contributed by atoms with Gasteiger partial charge in [-0.25, -0.2) is 0 Å². The van der Waals surface area contributed by atoms with Crippen LogP contribution in [0.2, 0.25) is 0 Å². The van der Waals surface area contributed by atoms with Crippen molar-refractivity contribution in [1.82, 2.24) is 0 Å². The van der Waals surface area contributed by atoms with Crippen LogP contribution in [0.15, 0.2) is 23.3 Å². The first-order chi connectivity index (χ1) is 5.49. The maximum absolute atomic E-state index is 11.7. The standard InChI is InChI=1S/C11H16O/c1-5-11(4)7-8(2)6-9(3)10(11)12/h6-7H,5H2,1-4H3. The molecular formula is C11H16O. The molecule has 1 rings (SSSR count). The molecule has 0 saturated heterocycles. The van der Waals surface area contributed by atoms with Gasteiger partial charge in [0.25, 0.3) is 0 Å². The zero-order chi connectivity index (χ0) is 9.35. The second-order valence-electron chi connectivity index (χ2n) is 3.82. The van der Waals surface area contributed by atoms with Crippen LogP contribution in [0.3, 0.4) is 0 Å². The SMILES string of the molecule is CCC1(C)C=C(C)C=C(C)C1=O. The molecule has 0 fully saturated rings. The molecule has 1 nitrogen and oxygen atoms in total. The third-order valence-corrected chi connectivity index (χ3v) is 2.60. The van der Waals surface area contributed by atoms with Crippen molar-refractivity contribution in [3.8, 4) is 0 Å². The van der Waals surface area contributed by atoms with Gasteiger partial charge >= 0.3 is 0 Å². The minimum Gasteiger partial charge on any atom is -0.294 e. The number of allylic oxidation sites excluding steroid dienone is 4. The second kappa shape index (κ2) is 2.89. The summed E-state index contributed by atoms with van der Waals surface area (Å²) < 4.78 is 0. The summed E-state index contributed by atoms with van der Waals surface area (Å²) in [5.74, 6) is 0.274. The lowest BCUT2D eigenvalue weighted by atomic mass is 9.75. The van der Waals surface area contributed by atoms with Crippen molar-refractivity contribution in [2.45, 2.75) is 34.1 Å². The zero-order valence-electron chi connectivity index (χ0n) is 8.27. The van der Waals surface area contributed by atoms with Crippen molar-refractivity contribution in [1.29, 1.82) is 0 Å². The van der Waals surface area contributed by atoms with Gasteiger partial charge in [-0.3, -0.25) is 4.79 Å². The Kier molecular flexibility index (Phi) is 2.22. The Bertz CT molecular complexity index is 271. The Labute approximate surface area is 74.2 Å². The van der Waals surface area contributed by atoms with E-state index in [0.717, 1.165) is 12.0 Å². The summed E-state index contributed by atoms with van der Waals surface area (Å²) in [7, 11) is 0. The first-order valence-electron chi connectivity index (χ1n) is 4.42. The fourth-order valence-corrected chi connectivity index (χ4v) is 1.73. The molecule has 12 heavy (non-hydrogen) atoms. The number of hydrogen-bond donors (Lipinski definition) is 0. The van der Waals surface area contributed by atoms with Gasteiger partial charge in [0, 0.05) is 5.41 Å². The maximum Gasteiger partial charge on any atom is 0.168 e. The zero-order valence-corrected chi connectivity index (χ0v) is 8.27. The summed E-state index contributed by atoms with van der Waals surface area (Å²) in [6.07, 6.45) is 4.91. The Morgan fingerprint density at radius 1 is 1.42 bits per heavy atom. The third-order valence-electron chi connectivity index (χ3n) is 2.60. The lowest BCUT2D eigenvalue weighted by molar-refractivity contribution is -0.122. The molecule has 1 aliphatic carbocycles. The summed E-state index contributed by atoms with van der Waals surface area (Å²) >= 11 is 0. The Hall–Kier alpha value is -0.850. The first kappa shape index (κ1) is 9.24. The van der Waals surface area contributed by atoms with Crippen molar-refractivity contribution >= 4 is 5.78 Å². The van der Waals surface area contributed by atoms with Crippen LogP contribution in [0.4, 0.5) is 0 Å². The highest BCUT2D eigenvalue weighted by Gasteiger charge is 2.31. The van der Waals surface area contributed by atoms with Gasteiger partial charge in [-0.1, -0.05) is 24.6 Å². The van der Waals surface area contributed by atoms with Crippen molar-refractivity contribution < 1.29 is 4.79 Å². The highest BCUT2D eigenvalue weighted by Crippen LogP contribution is 2.32. The molecule has 0 aromatic rings. The molecule has 1 atom stereocenters. The molecule has 1 heteroatoms. The molecule has 0 radical (unpaired) electrons. The average Bonchev–Trinajstić information content (AvgIpc) is 2.00. The van der Waals surface area contributed by atoms with E-state index in [1.54, 1.807) is 0 Å². The monoisotopic (exact) mass is 164 g/mol. The van der Waals surface area contributed by atoms with E-state index in [0.29, 0.717) is 0 Å². The van der Waals surface area contributed by atoms with Gasteiger partial charge in [0.05, 0.1) is 0 Å². The summed E-state index contributed by atoms with van der Waals surface area (Å²) in [4.78, 5) is 11.7. The van der Waals surface area contributed by atoms with Crippen LogP contribution in [0, 0.1) is 5.41 Å². The summed E-state index contributed by atoms with van der Waals surface area (Å²) in [6, 6.07) is 0. The van der Waals surface area contributed by atoms with Crippen molar-refractivity contribution in [3.05, 3.63) is 23.3 Å². The van der Waals surface area contributed by atoms with Crippen molar-refractivity contribution in [2.24, 2.45) is 5.41 Å². The number of Topliss-reactive ketones (excluding diaryl/α,β-unsaturated/α-hetero) is 1. The molecule has 0 bridgehead atoms. The van der Waals surface area contributed by atoms with Gasteiger partial charge in [-0.15, -0.1) is 0 Å². The quantitative estimate of drug-likeness (QED) is 0.582. The molecule has 0 amide bonds. The van der Waals surface area contributed by atoms with E-state index in [4.69, 9.17) is 0 Å². The van der Waals surface area contributed by atoms with E-state index >= 15 is 0 Å². The van der Waals surface area contributed by atoms with E-state index in [-0.39, 0.29) is 11.2 Å². The molecule has 0 aromatic heterocycles. The number of carbonyl (C=O) groups is 1. The van der Waals surface area contributed by atoms with Crippen LogP contribution in [0.1, 0.15) is 34.1 Å². The van der Waals surface area contributed by atoms with Gasteiger partial charge in [0.1, 0.15) is 0 Å². The largest absolute Gasteiger partial charge is 0.294 e. The summed E-state index contributed by atoms with van der Waals surface area (Å²) in [6.45, 7) is 8.01. The van der Waals surface area contributed by atoms with Crippen LogP contribution in [-0.2, 0) is 4.79 Å². The minimum atomic E-state index is -0.247. The molecule has 0 aromatic carbocycles. The second-order valence-corrected chi connectivity index (χ2v) is 3.82. The average molecular weight is 164 g/mol. The van der Waals surface area contributed by atoms with Gasteiger partial charge in [0.2, 0.25) is 0 Å². The number of hydrogen-bond acceptors (Lipinski definition) is 1. The van der Waals surface area contributed by atoms with Crippen LogP contribution in [-0.4, -0.2) is 5.78 Å². The van der Waals surface area contributed by atoms with Gasteiger partial charge in [0.15, 0.2) is 5.78 Å². The molecule has 1 aliphatic rings. The molecule has 0 aliphatic heterocycles. The first-order valence-corrected chi connectivity index (χ1v) is 4.42. The summed E-state index contributed by atoms with van der Waals surface area (Å²) in [5.41, 5.74) is 1.85. The fraction of sp³-hybridized carbons (Fsp3) is 0.545. The fourth-order valence-electron chi connectivity index (χ4n) is 1.73. The molecule has 0 N–H and O–H groups in total. The van der Waals surface area contributed by atoms with Crippen LogP contribution < -0.4 is 0 Å². The van der Waals surface area contributed by atoms with E-state index < -0.39 is 0 Å². The number of rotatable bonds is 1. The van der Waals surface area contributed by atoms with Crippen LogP contribution >= 0.6 is 0 Å². The topological polar surface area (TPSA) is 17.1 Å². The minimum absolute atomic E-state index is 0.247. The van der Waals surface area contributed by atoms with Crippen LogP contribution in [0.25, 0.3) is 0 Å². The molecule has 0 spiro atoms. The van der Waals surface area contributed by atoms with E-state index in [2.05, 4.69) is 13.0 Å². The van der Waals surface area contributed by atoms with Crippen molar-refractivity contribution in [2.75, 3.05) is 0 Å². The smallest absolute Gasteiger partial charge is 0.168 e. The third kappa shape index (κ3) is 1.36. The molecule has 1 unspecified atom stereocenters. The Balaban J connectivity index is 3.10. The molecule has 0 heterocycles. The van der Waals surface area contributed by atoms with Gasteiger partial charge in [-0.2, -0.15) is 0 Å². The van der Waals surface area contributed by atoms with Gasteiger partial charge < -0.3 is 0 Å². The summed E-state index contributed by atoms with van der Waals surface area (Å²) in [5, 5.41) is 0. The van der Waals surface area contributed by atoms with E-state index in [9.17, 15) is 4.79 Å². The lowest BCUT2D eigenvalue weighted by Crippen LogP contribution is -2.28. The maximum atomic E-state index is 11.7. The number of carbonyl (C=O) groups excluding carboxylic acids is 1. The molecular weight excluding hydrogens is 148 g/mol. The van der Waals surface area contributed by atoms with Gasteiger partial charge in [-0.05, 0) is 32.8 Å². The normalized spacial score (nSPS) is 29.8. The van der Waals surface area contributed by atoms with E-state index in [1.807, 2.05) is 26.8 Å². The lowest BCUT2D eigenvalue weighted by Gasteiger charge is -2.27. The predicted octanol–water partition coefficient (Wildman–Crippen LogP) is 2.88. The highest BCUT2D eigenvalue weighted by molar-refractivity contribution is 6.02. The highest BCUT2D eigenvalue weighted by atomic mass is 16.1. The molecule has 66 valence electrons. The Morgan fingerprint density at radius 3 is 2.50 bits per heavy atom. The predicted molar refractivity (Wildman–Crippen MR) is 50.9 cm³/mol. The van der Waals surface area contributed by atoms with Crippen LogP contribution in [0.5, 0.6) is 0 Å². The Morgan fingerprint density at radius 2 is 2.00 bits per heavy atom. The molecule has 0 saturated carbocycles.